The van der Waals surface area contributed by atoms with Gasteiger partial charge in [-0.2, -0.15) is 9.57 Å². The predicted molar refractivity (Wildman–Crippen MR) is 85.1 cm³/mol. The van der Waals surface area contributed by atoms with E-state index in [9.17, 15) is 8.42 Å². The third-order valence-electron chi connectivity index (χ3n) is 3.65. The molecule has 0 aliphatic carbocycles. The summed E-state index contributed by atoms with van der Waals surface area (Å²) in [4.78, 5) is 4.20. The van der Waals surface area contributed by atoms with E-state index in [2.05, 4.69) is 4.98 Å². The van der Waals surface area contributed by atoms with Gasteiger partial charge in [-0.15, -0.1) is 0 Å². The molecule has 2 aromatic rings. The molecule has 7 nitrogen and oxygen atoms in total. The van der Waals surface area contributed by atoms with E-state index in [-0.39, 0.29) is 24.1 Å². The van der Waals surface area contributed by atoms with E-state index in [1.165, 1.54) is 29.7 Å². The van der Waals surface area contributed by atoms with E-state index in [0.29, 0.717) is 17.2 Å². The summed E-state index contributed by atoms with van der Waals surface area (Å²) in [5, 5.41) is 8.72. The fourth-order valence-corrected chi connectivity index (χ4v) is 3.81. The number of rotatable bonds is 5. The van der Waals surface area contributed by atoms with Crippen LogP contribution >= 0.6 is 0 Å². The number of ether oxygens (including phenoxy) is 2. The van der Waals surface area contributed by atoms with Gasteiger partial charge in [-0.1, -0.05) is 6.07 Å². The van der Waals surface area contributed by atoms with Crippen molar-refractivity contribution >= 4 is 10.0 Å². The van der Waals surface area contributed by atoms with Crippen LogP contribution in [0.15, 0.2) is 47.5 Å². The number of pyridine rings is 1. The largest absolute Gasteiger partial charge is 0.497 e. The van der Waals surface area contributed by atoms with Crippen LogP contribution in [-0.4, -0.2) is 44.0 Å². The second kappa shape index (κ2) is 6.47. The molecule has 0 radical (unpaired) electrons. The summed E-state index contributed by atoms with van der Waals surface area (Å²) >= 11 is 0. The summed E-state index contributed by atoms with van der Waals surface area (Å²) in [6.07, 6.45) is 1.16. The highest BCUT2D eigenvalue weighted by Gasteiger charge is 2.38. The van der Waals surface area contributed by atoms with Crippen molar-refractivity contribution in [3.05, 3.63) is 48.2 Å². The van der Waals surface area contributed by atoms with Gasteiger partial charge in [0, 0.05) is 18.3 Å². The van der Waals surface area contributed by atoms with Crippen molar-refractivity contribution in [2.45, 2.75) is 11.0 Å². The first kappa shape index (κ1) is 16.2. The number of methoxy groups -OCH3 is 1. The van der Waals surface area contributed by atoms with Crippen molar-refractivity contribution in [1.29, 1.82) is 5.26 Å². The van der Waals surface area contributed by atoms with Gasteiger partial charge in [0.1, 0.15) is 17.9 Å². The van der Waals surface area contributed by atoms with Crippen LogP contribution in [0.25, 0.3) is 0 Å². The Morgan fingerprint density at radius 1 is 1.29 bits per heavy atom. The van der Waals surface area contributed by atoms with E-state index in [0.717, 1.165) is 0 Å². The Kier molecular flexibility index (Phi) is 4.38. The molecule has 0 amide bonds. The third-order valence-corrected chi connectivity index (χ3v) is 5.47. The van der Waals surface area contributed by atoms with Crippen LogP contribution in [-0.2, 0) is 10.0 Å². The minimum atomic E-state index is -3.56. The molecule has 0 atom stereocenters. The minimum Gasteiger partial charge on any atom is -0.497 e. The predicted octanol–water partition coefficient (Wildman–Crippen LogP) is 1.41. The first-order chi connectivity index (χ1) is 11.5. The van der Waals surface area contributed by atoms with E-state index < -0.39 is 10.0 Å². The molecule has 1 aromatic carbocycles. The quantitative estimate of drug-likeness (QED) is 0.813. The molecule has 0 spiro atoms. The number of benzene rings is 1. The van der Waals surface area contributed by atoms with E-state index in [4.69, 9.17) is 14.7 Å². The van der Waals surface area contributed by atoms with Gasteiger partial charge in [-0.05, 0) is 18.2 Å². The molecule has 3 rings (SSSR count). The standard InChI is InChI=1S/C16H15N3O4S/c1-22-13-3-2-4-15(7-13)24(20,21)19-10-14(11-19)23-16-6-5-12(8-17)9-18-16/h2-7,9,14H,10-11H2,1H3. The van der Waals surface area contributed by atoms with Gasteiger partial charge in [0.25, 0.3) is 0 Å². The Morgan fingerprint density at radius 2 is 2.08 bits per heavy atom. The van der Waals surface area contributed by atoms with E-state index in [1.54, 1.807) is 24.3 Å². The van der Waals surface area contributed by atoms with Crippen molar-refractivity contribution in [3.8, 4) is 17.7 Å². The summed E-state index contributed by atoms with van der Waals surface area (Å²) in [6.45, 7) is 0.502. The highest BCUT2D eigenvalue weighted by atomic mass is 32.2. The van der Waals surface area contributed by atoms with Crippen molar-refractivity contribution in [1.82, 2.24) is 9.29 Å². The van der Waals surface area contributed by atoms with E-state index in [1.807, 2.05) is 6.07 Å². The van der Waals surface area contributed by atoms with Crippen LogP contribution in [0.1, 0.15) is 5.56 Å². The van der Waals surface area contributed by atoms with Gasteiger partial charge >= 0.3 is 0 Å². The van der Waals surface area contributed by atoms with Crippen LogP contribution in [0.4, 0.5) is 0 Å². The Morgan fingerprint density at radius 3 is 2.71 bits per heavy atom. The number of hydrogen-bond acceptors (Lipinski definition) is 6. The number of aromatic nitrogens is 1. The number of nitriles is 1. The van der Waals surface area contributed by atoms with Crippen LogP contribution in [0, 0.1) is 11.3 Å². The lowest BCUT2D eigenvalue weighted by Crippen LogP contribution is -2.56. The molecule has 1 saturated heterocycles. The SMILES string of the molecule is COc1cccc(S(=O)(=O)N2CC(Oc3ccc(C#N)cn3)C2)c1. The van der Waals surface area contributed by atoms with Crippen LogP contribution < -0.4 is 9.47 Å². The normalized spacial score (nSPS) is 15.3. The molecule has 1 aliphatic heterocycles. The first-order valence-corrected chi connectivity index (χ1v) is 8.64. The fraction of sp³-hybridized carbons (Fsp3) is 0.250. The molecular formula is C16H15N3O4S. The highest BCUT2D eigenvalue weighted by molar-refractivity contribution is 7.89. The summed E-state index contributed by atoms with van der Waals surface area (Å²) in [7, 11) is -2.07. The van der Waals surface area contributed by atoms with Gasteiger partial charge in [-0.25, -0.2) is 13.4 Å². The fourth-order valence-electron chi connectivity index (χ4n) is 2.27. The van der Waals surface area contributed by atoms with Crippen molar-refractivity contribution in [3.63, 3.8) is 0 Å². The van der Waals surface area contributed by atoms with Gasteiger partial charge < -0.3 is 9.47 Å². The maximum Gasteiger partial charge on any atom is 0.243 e. The zero-order chi connectivity index (χ0) is 17.2. The third kappa shape index (κ3) is 3.18. The maximum absolute atomic E-state index is 12.5. The van der Waals surface area contributed by atoms with Gasteiger partial charge in [0.2, 0.25) is 15.9 Å². The van der Waals surface area contributed by atoms with Crippen molar-refractivity contribution in [2.75, 3.05) is 20.2 Å². The van der Waals surface area contributed by atoms with Gasteiger partial charge in [0.15, 0.2) is 0 Å². The van der Waals surface area contributed by atoms with Crippen LogP contribution in [0.3, 0.4) is 0 Å². The first-order valence-electron chi connectivity index (χ1n) is 7.20. The molecule has 8 heteroatoms. The summed E-state index contributed by atoms with van der Waals surface area (Å²) in [6, 6.07) is 11.5. The van der Waals surface area contributed by atoms with Crippen LogP contribution in [0.5, 0.6) is 11.6 Å². The maximum atomic E-state index is 12.5. The lowest BCUT2D eigenvalue weighted by molar-refractivity contribution is 0.0721. The Labute approximate surface area is 140 Å². The monoisotopic (exact) mass is 345 g/mol. The molecule has 124 valence electrons. The van der Waals surface area contributed by atoms with Gasteiger partial charge in [0.05, 0.1) is 30.7 Å². The highest BCUT2D eigenvalue weighted by Crippen LogP contribution is 2.26. The Balaban J connectivity index is 1.63. The zero-order valence-electron chi connectivity index (χ0n) is 12.9. The average Bonchev–Trinajstić information content (AvgIpc) is 2.58. The lowest BCUT2D eigenvalue weighted by atomic mass is 10.2. The molecule has 2 heterocycles. The molecule has 0 bridgehead atoms. The van der Waals surface area contributed by atoms with E-state index >= 15 is 0 Å². The molecule has 1 fully saturated rings. The minimum absolute atomic E-state index is 0.191. The molecule has 0 saturated carbocycles. The van der Waals surface area contributed by atoms with Crippen molar-refractivity contribution < 1.29 is 17.9 Å². The summed E-state index contributed by atoms with van der Waals surface area (Å²) < 4.78 is 37.1. The van der Waals surface area contributed by atoms with Crippen molar-refractivity contribution in [2.24, 2.45) is 0 Å². The summed E-state index contributed by atoms with van der Waals surface area (Å²) in [5.74, 6) is 0.864. The average molecular weight is 345 g/mol. The number of hydrogen-bond donors (Lipinski definition) is 0. The molecule has 0 N–H and O–H groups in total. The zero-order valence-corrected chi connectivity index (χ0v) is 13.7. The second-order valence-electron chi connectivity index (χ2n) is 5.24. The van der Waals surface area contributed by atoms with Gasteiger partial charge in [-0.3, -0.25) is 0 Å². The Hall–Kier alpha value is -2.63. The lowest BCUT2D eigenvalue weighted by Gasteiger charge is -2.37. The van der Waals surface area contributed by atoms with Crippen LogP contribution in [0.2, 0.25) is 0 Å². The number of nitrogens with zero attached hydrogens (tertiary/aromatic N) is 3. The summed E-state index contributed by atoms with van der Waals surface area (Å²) in [5.41, 5.74) is 0.443. The molecular weight excluding hydrogens is 330 g/mol. The molecule has 24 heavy (non-hydrogen) atoms. The molecule has 1 aliphatic rings. The second-order valence-corrected chi connectivity index (χ2v) is 7.18. The molecule has 1 aromatic heterocycles. The molecule has 0 unspecified atom stereocenters. The topological polar surface area (TPSA) is 92.5 Å². The smallest absolute Gasteiger partial charge is 0.243 e. The number of sulfonamides is 1. The Bertz CT molecular complexity index is 869.